The van der Waals surface area contributed by atoms with Crippen LogP contribution in [-0.2, 0) is 0 Å². The van der Waals surface area contributed by atoms with E-state index in [1.165, 1.54) is 24.2 Å². The largest absolute Gasteiger partial charge is 0.292 e. The zero-order valence-electron chi connectivity index (χ0n) is 8.96. The Kier molecular flexibility index (Phi) is 5.72. The molecule has 0 spiro atoms. The summed E-state index contributed by atoms with van der Waals surface area (Å²) in [4.78, 5) is 12.7. The summed E-state index contributed by atoms with van der Waals surface area (Å²) in [7, 11) is 0. The van der Waals surface area contributed by atoms with Crippen molar-refractivity contribution >= 4 is 40.5 Å². The predicted octanol–water partition coefficient (Wildman–Crippen LogP) is 4.51. The van der Waals surface area contributed by atoms with E-state index in [0.29, 0.717) is 4.34 Å². The number of hydrogen-bond acceptors (Lipinski definition) is 3. The number of carbonyl (C=O) groups excluding carboxylic acids is 1. The van der Waals surface area contributed by atoms with Gasteiger partial charge in [-0.05, 0) is 31.2 Å². The van der Waals surface area contributed by atoms with Crippen LogP contribution in [0.1, 0.15) is 36.4 Å². The molecule has 0 fully saturated rings. The van der Waals surface area contributed by atoms with Gasteiger partial charge in [-0.3, -0.25) is 4.79 Å². The lowest BCUT2D eigenvalue weighted by molar-refractivity contribution is 0.0998. The Morgan fingerprint density at radius 2 is 2.33 bits per heavy atom. The van der Waals surface area contributed by atoms with Gasteiger partial charge in [-0.1, -0.05) is 24.9 Å². The maximum absolute atomic E-state index is 11.9. The van der Waals surface area contributed by atoms with Crippen molar-refractivity contribution in [3.63, 3.8) is 0 Å². The second-order valence-corrected chi connectivity index (χ2v) is 6.50. The van der Waals surface area contributed by atoms with E-state index < -0.39 is 0 Å². The summed E-state index contributed by atoms with van der Waals surface area (Å²) in [6.07, 6.45) is 2.35. The van der Waals surface area contributed by atoms with Crippen molar-refractivity contribution in [2.45, 2.75) is 31.9 Å². The third-order valence-corrected chi connectivity index (χ3v) is 4.54. The number of rotatable bonds is 6. The Bertz CT molecular complexity index is 322. The first-order valence-electron chi connectivity index (χ1n) is 5.06. The molecule has 0 aliphatic heterocycles. The van der Waals surface area contributed by atoms with Crippen LogP contribution >= 0.6 is 34.7 Å². The molecule has 1 unspecified atom stereocenters. The number of halogens is 1. The van der Waals surface area contributed by atoms with Crippen LogP contribution in [-0.4, -0.2) is 16.8 Å². The molecule has 0 aromatic carbocycles. The Hall–Kier alpha value is 0.01000. The first kappa shape index (κ1) is 13.1. The highest BCUT2D eigenvalue weighted by Gasteiger charge is 2.16. The number of carbonyl (C=O) groups is 1. The van der Waals surface area contributed by atoms with Crippen LogP contribution in [0.2, 0.25) is 4.34 Å². The molecule has 0 aliphatic carbocycles. The molecule has 0 amide bonds. The van der Waals surface area contributed by atoms with Gasteiger partial charge in [0.1, 0.15) is 0 Å². The van der Waals surface area contributed by atoms with Gasteiger partial charge in [0.15, 0.2) is 5.78 Å². The van der Waals surface area contributed by atoms with E-state index in [0.717, 1.165) is 10.6 Å². The van der Waals surface area contributed by atoms with Crippen LogP contribution in [0.3, 0.4) is 0 Å². The molecule has 0 aliphatic rings. The summed E-state index contributed by atoms with van der Waals surface area (Å²) in [5.74, 6) is 1.26. The summed E-state index contributed by atoms with van der Waals surface area (Å²) < 4.78 is 0.684. The molecule has 1 nitrogen and oxygen atoms in total. The lowest BCUT2D eigenvalue weighted by Gasteiger charge is -2.07. The van der Waals surface area contributed by atoms with Gasteiger partial charge in [0, 0.05) is 0 Å². The standard InChI is InChI=1S/C11H15ClOS2/c1-3-4-7-14-8(2)11(13)9-5-6-10(12)15-9/h5-6,8H,3-4,7H2,1-2H3. The van der Waals surface area contributed by atoms with Gasteiger partial charge in [0.05, 0.1) is 14.5 Å². The third-order valence-electron chi connectivity index (χ3n) is 2.05. The highest BCUT2D eigenvalue weighted by Crippen LogP contribution is 2.25. The number of hydrogen-bond donors (Lipinski definition) is 0. The van der Waals surface area contributed by atoms with Crippen LogP contribution in [0.15, 0.2) is 12.1 Å². The van der Waals surface area contributed by atoms with Crippen molar-refractivity contribution in [1.29, 1.82) is 0 Å². The van der Waals surface area contributed by atoms with Crippen LogP contribution in [0.4, 0.5) is 0 Å². The smallest absolute Gasteiger partial charge is 0.185 e. The number of ketones is 1. The number of unbranched alkanes of at least 4 members (excludes halogenated alkanes) is 1. The molecular formula is C11H15ClOS2. The monoisotopic (exact) mass is 262 g/mol. The van der Waals surface area contributed by atoms with Gasteiger partial charge >= 0.3 is 0 Å². The molecule has 84 valence electrons. The minimum absolute atomic E-state index is 0.0475. The molecule has 0 saturated heterocycles. The first-order valence-corrected chi connectivity index (χ1v) is 7.30. The highest BCUT2D eigenvalue weighted by molar-refractivity contribution is 8.00. The van der Waals surface area contributed by atoms with Crippen molar-refractivity contribution in [3.8, 4) is 0 Å². The van der Waals surface area contributed by atoms with Crippen molar-refractivity contribution in [2.24, 2.45) is 0 Å². The van der Waals surface area contributed by atoms with Gasteiger partial charge in [-0.15, -0.1) is 11.3 Å². The molecule has 1 aromatic heterocycles. The van der Waals surface area contributed by atoms with E-state index in [1.54, 1.807) is 17.8 Å². The molecule has 0 radical (unpaired) electrons. The van der Waals surface area contributed by atoms with Crippen molar-refractivity contribution < 1.29 is 4.79 Å². The fourth-order valence-corrected chi connectivity index (χ4v) is 3.36. The minimum Gasteiger partial charge on any atom is -0.292 e. The Balaban J connectivity index is 2.46. The normalized spacial score (nSPS) is 12.7. The molecule has 0 bridgehead atoms. The maximum atomic E-state index is 11.9. The molecule has 1 aromatic rings. The van der Waals surface area contributed by atoms with Crippen LogP contribution in [0.25, 0.3) is 0 Å². The van der Waals surface area contributed by atoms with Gasteiger partial charge in [-0.25, -0.2) is 0 Å². The summed E-state index contributed by atoms with van der Waals surface area (Å²) >= 11 is 8.89. The van der Waals surface area contributed by atoms with E-state index in [-0.39, 0.29) is 11.0 Å². The van der Waals surface area contributed by atoms with Gasteiger partial charge in [0.25, 0.3) is 0 Å². The number of Topliss-reactive ketones (excluding diaryl/α,β-unsaturated/α-hetero) is 1. The molecule has 0 N–H and O–H groups in total. The molecule has 4 heteroatoms. The zero-order chi connectivity index (χ0) is 11.3. The molecule has 0 saturated carbocycles. The fraction of sp³-hybridized carbons (Fsp3) is 0.545. The van der Waals surface area contributed by atoms with Crippen molar-refractivity contribution in [1.82, 2.24) is 0 Å². The molecule has 1 heterocycles. The minimum atomic E-state index is 0.0475. The van der Waals surface area contributed by atoms with Gasteiger partial charge < -0.3 is 0 Å². The SMILES string of the molecule is CCCCSC(C)C(=O)c1ccc(Cl)s1. The first-order chi connectivity index (χ1) is 7.15. The second-order valence-electron chi connectivity index (χ2n) is 3.33. The summed E-state index contributed by atoms with van der Waals surface area (Å²) in [5.41, 5.74) is 0. The molecule has 1 rings (SSSR count). The number of thioether (sulfide) groups is 1. The lowest BCUT2D eigenvalue weighted by Crippen LogP contribution is -2.12. The number of thiophene rings is 1. The van der Waals surface area contributed by atoms with Gasteiger partial charge in [0.2, 0.25) is 0 Å². The fourth-order valence-electron chi connectivity index (χ4n) is 1.13. The lowest BCUT2D eigenvalue weighted by atomic mass is 10.2. The Labute approximate surface area is 104 Å². The molecule has 15 heavy (non-hydrogen) atoms. The molecule has 1 atom stereocenters. The second kappa shape index (κ2) is 6.56. The quantitative estimate of drug-likeness (QED) is 0.554. The molecular weight excluding hydrogens is 248 g/mol. The van der Waals surface area contributed by atoms with Crippen molar-refractivity contribution in [2.75, 3.05) is 5.75 Å². The Morgan fingerprint density at radius 3 is 2.87 bits per heavy atom. The van der Waals surface area contributed by atoms with E-state index in [4.69, 9.17) is 11.6 Å². The summed E-state index contributed by atoms with van der Waals surface area (Å²) in [6.45, 7) is 4.13. The van der Waals surface area contributed by atoms with E-state index in [1.807, 2.05) is 13.0 Å². The topological polar surface area (TPSA) is 17.1 Å². The van der Waals surface area contributed by atoms with Crippen LogP contribution in [0.5, 0.6) is 0 Å². The summed E-state index contributed by atoms with van der Waals surface area (Å²) in [5, 5.41) is 0.0475. The van der Waals surface area contributed by atoms with E-state index >= 15 is 0 Å². The van der Waals surface area contributed by atoms with E-state index in [2.05, 4.69) is 6.92 Å². The maximum Gasteiger partial charge on any atom is 0.185 e. The van der Waals surface area contributed by atoms with Crippen LogP contribution < -0.4 is 0 Å². The van der Waals surface area contributed by atoms with Gasteiger partial charge in [-0.2, -0.15) is 11.8 Å². The average Bonchev–Trinajstić information content (AvgIpc) is 2.64. The third kappa shape index (κ3) is 4.17. The zero-order valence-corrected chi connectivity index (χ0v) is 11.3. The average molecular weight is 263 g/mol. The van der Waals surface area contributed by atoms with Crippen LogP contribution in [0, 0.1) is 0 Å². The Morgan fingerprint density at radius 1 is 1.60 bits per heavy atom. The highest BCUT2D eigenvalue weighted by atomic mass is 35.5. The summed E-state index contributed by atoms with van der Waals surface area (Å²) in [6, 6.07) is 3.59. The van der Waals surface area contributed by atoms with E-state index in [9.17, 15) is 4.79 Å². The van der Waals surface area contributed by atoms with Crippen molar-refractivity contribution in [3.05, 3.63) is 21.3 Å². The predicted molar refractivity (Wildman–Crippen MR) is 70.5 cm³/mol.